The van der Waals surface area contributed by atoms with Gasteiger partial charge in [-0.15, -0.1) is 16.4 Å². The number of nitrogens with zero attached hydrogens (tertiary/aromatic N) is 6. The van der Waals surface area contributed by atoms with E-state index in [1.54, 1.807) is 16.3 Å². The third kappa shape index (κ3) is 5.13. The second-order valence-electron chi connectivity index (χ2n) is 9.52. The highest BCUT2D eigenvalue weighted by Gasteiger charge is 2.24. The Morgan fingerprint density at radius 1 is 1.08 bits per heavy atom. The molecule has 0 radical (unpaired) electrons. The van der Waals surface area contributed by atoms with Crippen LogP contribution in [0.1, 0.15) is 43.8 Å². The highest BCUT2D eigenvalue weighted by atomic mass is 35.5. The first kappa shape index (κ1) is 25.9. The zero-order valence-corrected chi connectivity index (χ0v) is 22.8. The number of benzene rings is 2. The molecule has 0 spiro atoms. The molecule has 0 saturated heterocycles. The van der Waals surface area contributed by atoms with Crippen molar-refractivity contribution in [1.29, 1.82) is 5.26 Å². The molecule has 2 aromatic carbocycles. The molecule has 0 aliphatic carbocycles. The van der Waals surface area contributed by atoms with Gasteiger partial charge in [-0.25, -0.2) is 14.1 Å². The molecule has 38 heavy (non-hydrogen) atoms. The molecule has 12 heteroatoms. The van der Waals surface area contributed by atoms with Gasteiger partial charge in [-0.05, 0) is 51.1 Å². The number of thiazole rings is 1. The summed E-state index contributed by atoms with van der Waals surface area (Å²) >= 11 is 14.1. The van der Waals surface area contributed by atoms with Crippen molar-refractivity contribution < 1.29 is 4.39 Å². The second-order valence-corrected chi connectivity index (χ2v) is 11.0. The van der Waals surface area contributed by atoms with Gasteiger partial charge in [0.05, 0.1) is 49.8 Å². The number of halogens is 3. The molecule has 0 amide bonds. The van der Waals surface area contributed by atoms with Crippen molar-refractivity contribution in [3.8, 4) is 6.07 Å². The Kier molecular flexibility index (Phi) is 6.92. The van der Waals surface area contributed by atoms with Gasteiger partial charge in [-0.3, -0.25) is 4.98 Å². The average Bonchev–Trinajstić information content (AvgIpc) is 3.58. The van der Waals surface area contributed by atoms with E-state index < -0.39 is 11.9 Å². The minimum absolute atomic E-state index is 0.0401. The number of hydrogen-bond acceptors (Lipinski definition) is 8. The normalized spacial score (nSPS) is 12.3. The van der Waals surface area contributed by atoms with Gasteiger partial charge in [0.15, 0.2) is 0 Å². The van der Waals surface area contributed by atoms with Crippen LogP contribution in [0.4, 0.5) is 21.5 Å². The van der Waals surface area contributed by atoms with Crippen molar-refractivity contribution >= 4 is 62.5 Å². The maximum absolute atomic E-state index is 13.7. The molecule has 0 bridgehead atoms. The van der Waals surface area contributed by atoms with Crippen LogP contribution in [-0.4, -0.2) is 25.0 Å². The summed E-state index contributed by atoms with van der Waals surface area (Å²) in [4.78, 5) is 8.90. The molecule has 1 unspecified atom stereocenters. The predicted molar refractivity (Wildman–Crippen MR) is 149 cm³/mol. The number of nitrogens with one attached hydrogen (secondary N) is 2. The molecule has 0 aliphatic heterocycles. The van der Waals surface area contributed by atoms with E-state index in [0.29, 0.717) is 38.7 Å². The molecule has 2 N–H and O–H groups in total. The maximum atomic E-state index is 13.7. The van der Waals surface area contributed by atoms with Crippen molar-refractivity contribution in [1.82, 2.24) is 25.0 Å². The summed E-state index contributed by atoms with van der Waals surface area (Å²) in [6.07, 6.45) is 3.33. The molecule has 0 saturated carbocycles. The lowest BCUT2D eigenvalue weighted by molar-refractivity contribution is 0.347. The van der Waals surface area contributed by atoms with Gasteiger partial charge in [0.1, 0.15) is 23.6 Å². The Labute approximate surface area is 232 Å². The summed E-state index contributed by atoms with van der Waals surface area (Å²) in [7, 11) is 0. The maximum Gasteiger partial charge on any atom is 0.141 e. The number of nitriles is 1. The summed E-state index contributed by atoms with van der Waals surface area (Å²) in [6, 6.07) is 9.58. The first-order chi connectivity index (χ1) is 18.1. The number of pyridine rings is 1. The van der Waals surface area contributed by atoms with Gasteiger partial charge in [-0.2, -0.15) is 5.26 Å². The van der Waals surface area contributed by atoms with Crippen LogP contribution in [0.25, 0.3) is 10.9 Å². The second kappa shape index (κ2) is 10.2. The summed E-state index contributed by atoms with van der Waals surface area (Å²) in [5.74, 6) is -0.539. The number of hydrogen-bond donors (Lipinski definition) is 2. The minimum Gasteiger partial charge on any atom is -0.371 e. The number of rotatable bonds is 6. The molecular weight excluding hydrogens is 546 g/mol. The smallest absolute Gasteiger partial charge is 0.141 e. The van der Waals surface area contributed by atoms with Crippen LogP contribution in [0.5, 0.6) is 0 Å². The number of anilines is 3. The highest BCUT2D eigenvalue weighted by molar-refractivity contribution is 7.07. The molecular formula is C26H21Cl2FN8S. The monoisotopic (exact) mass is 566 g/mol. The summed E-state index contributed by atoms with van der Waals surface area (Å²) in [5, 5.41) is 28.0. The Balaban J connectivity index is 1.60. The third-order valence-corrected chi connectivity index (χ3v) is 6.97. The fourth-order valence-electron chi connectivity index (χ4n) is 3.85. The molecule has 0 aliphatic rings. The van der Waals surface area contributed by atoms with Crippen LogP contribution in [0, 0.1) is 17.1 Å². The molecule has 192 valence electrons. The molecule has 1 atom stereocenters. The van der Waals surface area contributed by atoms with Gasteiger partial charge in [0.2, 0.25) is 0 Å². The predicted octanol–water partition coefficient (Wildman–Crippen LogP) is 7.30. The van der Waals surface area contributed by atoms with E-state index in [-0.39, 0.29) is 16.1 Å². The van der Waals surface area contributed by atoms with E-state index in [4.69, 9.17) is 23.2 Å². The van der Waals surface area contributed by atoms with Crippen molar-refractivity contribution in [3.63, 3.8) is 0 Å². The molecule has 5 rings (SSSR count). The first-order valence-electron chi connectivity index (χ1n) is 11.5. The van der Waals surface area contributed by atoms with E-state index in [2.05, 4.69) is 37.0 Å². The SMILES string of the molecule is CC(C)(C)n1cc(C(Nc2cc(Cl)c3ncc(C#N)c(Nc4ccc(F)c(Cl)c4)c3c2)c2cscn2)nn1. The molecule has 0 fully saturated rings. The van der Waals surface area contributed by atoms with Crippen molar-refractivity contribution in [2.45, 2.75) is 32.4 Å². The minimum atomic E-state index is -0.539. The summed E-state index contributed by atoms with van der Waals surface area (Å²) in [6.45, 7) is 6.13. The van der Waals surface area contributed by atoms with E-state index in [0.717, 1.165) is 5.69 Å². The van der Waals surface area contributed by atoms with E-state index in [1.807, 2.05) is 38.4 Å². The lowest BCUT2D eigenvalue weighted by Gasteiger charge is -2.19. The lowest BCUT2D eigenvalue weighted by Crippen LogP contribution is -2.22. The molecule has 8 nitrogen and oxygen atoms in total. The van der Waals surface area contributed by atoms with Gasteiger partial charge in [0, 0.05) is 28.3 Å². The van der Waals surface area contributed by atoms with E-state index in [9.17, 15) is 9.65 Å². The molecule has 3 heterocycles. The van der Waals surface area contributed by atoms with E-state index >= 15 is 0 Å². The zero-order valence-electron chi connectivity index (χ0n) is 20.5. The Morgan fingerprint density at radius 2 is 1.87 bits per heavy atom. The van der Waals surface area contributed by atoms with Crippen LogP contribution in [0.2, 0.25) is 10.0 Å². The average molecular weight is 567 g/mol. The van der Waals surface area contributed by atoms with Crippen LogP contribution >= 0.6 is 34.5 Å². The Bertz CT molecular complexity index is 1670. The van der Waals surface area contributed by atoms with Crippen LogP contribution in [-0.2, 0) is 5.54 Å². The van der Waals surface area contributed by atoms with Crippen molar-refractivity contribution in [2.24, 2.45) is 0 Å². The summed E-state index contributed by atoms with van der Waals surface area (Å²) < 4.78 is 15.5. The third-order valence-electron chi connectivity index (χ3n) is 5.79. The topological polar surface area (TPSA) is 104 Å². The zero-order chi connectivity index (χ0) is 27.0. The fraction of sp³-hybridized carbons (Fsp3) is 0.192. The van der Waals surface area contributed by atoms with Gasteiger partial charge in [-0.1, -0.05) is 28.4 Å². The van der Waals surface area contributed by atoms with Crippen molar-refractivity contribution in [2.75, 3.05) is 10.6 Å². The van der Waals surface area contributed by atoms with Gasteiger partial charge < -0.3 is 10.6 Å². The number of aromatic nitrogens is 5. The van der Waals surface area contributed by atoms with Crippen LogP contribution in [0.3, 0.4) is 0 Å². The molecule has 3 aromatic heterocycles. The largest absolute Gasteiger partial charge is 0.371 e. The molecule has 5 aromatic rings. The standard InChI is InChI=1S/C26H21Cl2FN8S/c1-26(2,3)37-11-21(35-36-37)25(22-12-38-13-32-22)34-16-6-17-23(33-15-4-5-20(29)18(27)7-15)14(9-30)10-31-24(17)19(28)8-16/h4-8,10-13,25,34H,1-3H3,(H,31,33). The van der Waals surface area contributed by atoms with Gasteiger partial charge >= 0.3 is 0 Å². The quantitative estimate of drug-likeness (QED) is 0.222. The number of fused-ring (bicyclic) bond motifs is 1. The Hall–Kier alpha value is -3.78. The lowest BCUT2D eigenvalue weighted by atomic mass is 10.1. The van der Waals surface area contributed by atoms with Crippen molar-refractivity contribution in [3.05, 3.63) is 86.4 Å². The van der Waals surface area contributed by atoms with E-state index in [1.165, 1.54) is 35.7 Å². The van der Waals surface area contributed by atoms with Gasteiger partial charge in [0.25, 0.3) is 0 Å². The summed E-state index contributed by atoms with van der Waals surface area (Å²) in [5.41, 5.74) is 5.39. The van der Waals surface area contributed by atoms with Crippen LogP contribution in [0.15, 0.2) is 53.6 Å². The Morgan fingerprint density at radius 3 is 2.53 bits per heavy atom. The fourth-order valence-corrected chi connectivity index (χ4v) is 4.88. The highest BCUT2D eigenvalue weighted by Crippen LogP contribution is 2.37. The van der Waals surface area contributed by atoms with Crippen LogP contribution < -0.4 is 10.6 Å². The first-order valence-corrected chi connectivity index (χ1v) is 13.2.